The number of nitrogens with two attached hydrogens (primary N) is 1. The summed E-state index contributed by atoms with van der Waals surface area (Å²) in [6.07, 6.45) is 0.811. The summed E-state index contributed by atoms with van der Waals surface area (Å²) in [5.74, 6) is 0.766. The SMILES string of the molecule is NC(CCS)C(=S)S. The van der Waals surface area contributed by atoms with Gasteiger partial charge in [0.1, 0.15) is 0 Å². The molecular weight excluding hydrogens is 158 g/mol. The Labute approximate surface area is 65.8 Å². The van der Waals surface area contributed by atoms with E-state index in [0.29, 0.717) is 4.20 Å². The second-order valence-corrected chi connectivity index (χ2v) is 3.13. The lowest BCUT2D eigenvalue weighted by molar-refractivity contribution is 0.849. The predicted octanol–water partition coefficient (Wildman–Crippen LogP) is 0.891. The normalized spacial score (nSPS) is 13.4. The monoisotopic (exact) mass is 167 g/mol. The average Bonchev–Trinajstić information content (AvgIpc) is 1.67. The highest BCUT2D eigenvalue weighted by Gasteiger charge is 2.01. The van der Waals surface area contributed by atoms with E-state index in [1.54, 1.807) is 0 Å². The average molecular weight is 167 g/mol. The van der Waals surface area contributed by atoms with Crippen molar-refractivity contribution in [3.8, 4) is 0 Å². The smallest absolute Gasteiger partial charge is 0.0616 e. The first kappa shape index (κ1) is 8.75. The first-order chi connectivity index (χ1) is 3.68. The summed E-state index contributed by atoms with van der Waals surface area (Å²) in [6.45, 7) is 0. The molecule has 4 heteroatoms. The fourth-order valence-electron chi connectivity index (χ4n) is 0.263. The van der Waals surface area contributed by atoms with Crippen molar-refractivity contribution in [2.24, 2.45) is 5.73 Å². The summed E-state index contributed by atoms with van der Waals surface area (Å²) in [6, 6.07) is -0.0640. The van der Waals surface area contributed by atoms with E-state index in [4.69, 9.17) is 5.73 Å². The zero-order valence-corrected chi connectivity index (χ0v) is 6.98. The molecular formula is C4H9NS3. The van der Waals surface area contributed by atoms with Crippen LogP contribution in [0.15, 0.2) is 0 Å². The van der Waals surface area contributed by atoms with Crippen LogP contribution in [0.3, 0.4) is 0 Å². The first-order valence-corrected chi connectivity index (χ1v) is 3.76. The van der Waals surface area contributed by atoms with Crippen LogP contribution in [0.4, 0.5) is 0 Å². The summed E-state index contributed by atoms with van der Waals surface area (Å²) >= 11 is 12.6. The van der Waals surface area contributed by atoms with Crippen molar-refractivity contribution in [2.45, 2.75) is 12.5 Å². The molecule has 0 aromatic heterocycles. The number of thiocarbonyl (C=S) groups is 1. The highest BCUT2D eigenvalue weighted by Crippen LogP contribution is 1.96. The molecule has 0 rings (SSSR count). The fourth-order valence-corrected chi connectivity index (χ4v) is 0.788. The third kappa shape index (κ3) is 3.72. The van der Waals surface area contributed by atoms with E-state index >= 15 is 0 Å². The maximum Gasteiger partial charge on any atom is 0.0616 e. The molecule has 0 radical (unpaired) electrons. The Bertz CT molecular complexity index is 83.4. The Balaban J connectivity index is 3.32. The van der Waals surface area contributed by atoms with Crippen LogP contribution in [0.1, 0.15) is 6.42 Å². The van der Waals surface area contributed by atoms with E-state index in [-0.39, 0.29) is 6.04 Å². The Kier molecular flexibility index (Phi) is 5.04. The molecule has 0 aliphatic rings. The molecule has 0 aliphatic heterocycles. The molecule has 48 valence electrons. The molecule has 0 aromatic rings. The van der Waals surface area contributed by atoms with E-state index in [1.807, 2.05) is 0 Å². The molecule has 0 saturated carbocycles. The minimum Gasteiger partial charge on any atom is -0.323 e. The van der Waals surface area contributed by atoms with Crippen molar-refractivity contribution in [2.75, 3.05) is 5.75 Å². The molecule has 2 N–H and O–H groups in total. The molecule has 0 saturated heterocycles. The van der Waals surface area contributed by atoms with E-state index in [1.165, 1.54) is 0 Å². The highest BCUT2D eigenvalue weighted by molar-refractivity contribution is 8.11. The molecule has 0 aromatic carbocycles. The Morgan fingerprint density at radius 1 is 1.75 bits per heavy atom. The summed E-state index contributed by atoms with van der Waals surface area (Å²) in [7, 11) is 0. The van der Waals surface area contributed by atoms with Gasteiger partial charge in [0.25, 0.3) is 0 Å². The van der Waals surface area contributed by atoms with Crippen molar-refractivity contribution >= 4 is 41.7 Å². The molecule has 1 atom stereocenters. The third-order valence-corrected chi connectivity index (χ3v) is 1.65. The van der Waals surface area contributed by atoms with Crippen LogP contribution in [0, 0.1) is 0 Å². The van der Waals surface area contributed by atoms with Gasteiger partial charge in [0.2, 0.25) is 0 Å². The van der Waals surface area contributed by atoms with Gasteiger partial charge in [-0.3, -0.25) is 0 Å². The van der Waals surface area contributed by atoms with Gasteiger partial charge in [-0.25, -0.2) is 0 Å². The van der Waals surface area contributed by atoms with Gasteiger partial charge in [0, 0.05) is 6.04 Å². The van der Waals surface area contributed by atoms with Crippen LogP contribution >= 0.6 is 37.5 Å². The maximum atomic E-state index is 5.46. The van der Waals surface area contributed by atoms with Gasteiger partial charge >= 0.3 is 0 Å². The lowest BCUT2D eigenvalue weighted by Gasteiger charge is -2.04. The number of hydrogen-bond acceptors (Lipinski definition) is 3. The lowest BCUT2D eigenvalue weighted by Crippen LogP contribution is -2.25. The predicted molar refractivity (Wildman–Crippen MR) is 48.0 cm³/mol. The highest BCUT2D eigenvalue weighted by atomic mass is 32.1. The van der Waals surface area contributed by atoms with Crippen molar-refractivity contribution in [3.63, 3.8) is 0 Å². The quantitative estimate of drug-likeness (QED) is 0.430. The van der Waals surface area contributed by atoms with E-state index in [2.05, 4.69) is 37.5 Å². The minimum absolute atomic E-state index is 0.0640. The Morgan fingerprint density at radius 3 is 2.38 bits per heavy atom. The molecule has 0 bridgehead atoms. The van der Waals surface area contributed by atoms with Crippen LogP contribution in [0.5, 0.6) is 0 Å². The Morgan fingerprint density at radius 2 is 2.25 bits per heavy atom. The molecule has 1 unspecified atom stereocenters. The topological polar surface area (TPSA) is 26.0 Å². The van der Waals surface area contributed by atoms with E-state index in [9.17, 15) is 0 Å². The molecule has 0 fully saturated rings. The fraction of sp³-hybridized carbons (Fsp3) is 0.750. The maximum absolute atomic E-state index is 5.46. The molecule has 1 nitrogen and oxygen atoms in total. The van der Waals surface area contributed by atoms with Gasteiger partial charge < -0.3 is 5.73 Å². The van der Waals surface area contributed by atoms with E-state index < -0.39 is 0 Å². The Hall–Kier alpha value is 0.750. The molecule has 0 heterocycles. The minimum atomic E-state index is -0.0640. The van der Waals surface area contributed by atoms with Crippen molar-refractivity contribution in [1.29, 1.82) is 0 Å². The molecule has 0 aliphatic carbocycles. The molecule has 8 heavy (non-hydrogen) atoms. The van der Waals surface area contributed by atoms with Crippen molar-refractivity contribution < 1.29 is 0 Å². The largest absolute Gasteiger partial charge is 0.323 e. The van der Waals surface area contributed by atoms with Crippen LogP contribution < -0.4 is 5.73 Å². The summed E-state index contributed by atoms with van der Waals surface area (Å²) in [4.78, 5) is 0. The standard InChI is InChI=1S/C4H9NS3/c5-3(1-2-6)4(7)8/h3,6H,1-2,5H2,(H,7,8). The molecule has 0 spiro atoms. The zero-order chi connectivity index (χ0) is 6.57. The van der Waals surface area contributed by atoms with Crippen molar-refractivity contribution in [3.05, 3.63) is 0 Å². The van der Waals surface area contributed by atoms with E-state index in [0.717, 1.165) is 12.2 Å². The number of thiol groups is 2. The van der Waals surface area contributed by atoms with Gasteiger partial charge in [-0.2, -0.15) is 12.6 Å². The van der Waals surface area contributed by atoms with Crippen molar-refractivity contribution in [1.82, 2.24) is 0 Å². The second kappa shape index (κ2) is 4.61. The van der Waals surface area contributed by atoms with Gasteiger partial charge in [-0.05, 0) is 12.2 Å². The van der Waals surface area contributed by atoms with Crippen LogP contribution in [0.2, 0.25) is 0 Å². The van der Waals surface area contributed by atoms with Crippen LogP contribution in [-0.2, 0) is 0 Å². The molecule has 0 amide bonds. The zero-order valence-electron chi connectivity index (χ0n) is 4.37. The van der Waals surface area contributed by atoms with Gasteiger partial charge in [-0.15, -0.1) is 12.6 Å². The first-order valence-electron chi connectivity index (χ1n) is 2.27. The summed E-state index contributed by atoms with van der Waals surface area (Å²) in [5.41, 5.74) is 5.46. The summed E-state index contributed by atoms with van der Waals surface area (Å²) in [5, 5.41) is 0. The third-order valence-electron chi connectivity index (χ3n) is 0.757. The summed E-state index contributed by atoms with van der Waals surface area (Å²) < 4.78 is 0.569. The number of hydrogen-bond donors (Lipinski definition) is 3. The number of rotatable bonds is 3. The van der Waals surface area contributed by atoms with Crippen LogP contribution in [-0.4, -0.2) is 16.0 Å². The second-order valence-electron chi connectivity index (χ2n) is 1.46. The van der Waals surface area contributed by atoms with Gasteiger partial charge in [0.05, 0.1) is 4.20 Å². The van der Waals surface area contributed by atoms with Crippen LogP contribution in [0.25, 0.3) is 0 Å². The lowest BCUT2D eigenvalue weighted by atomic mass is 10.3. The van der Waals surface area contributed by atoms with Gasteiger partial charge in [-0.1, -0.05) is 12.2 Å². The van der Waals surface area contributed by atoms with Gasteiger partial charge in [0.15, 0.2) is 0 Å².